The summed E-state index contributed by atoms with van der Waals surface area (Å²) in [4.78, 5) is 26.0. The minimum atomic E-state index is 0.00231. The normalized spacial score (nSPS) is 21.8. The lowest BCUT2D eigenvalue weighted by Gasteiger charge is -2.18. The Hall–Kier alpha value is -1.68. The summed E-state index contributed by atoms with van der Waals surface area (Å²) in [7, 11) is 0. The van der Waals surface area contributed by atoms with E-state index in [9.17, 15) is 9.59 Å². The van der Waals surface area contributed by atoms with Crippen LogP contribution in [-0.4, -0.2) is 41.4 Å². The molecule has 1 amide bonds. The number of nitrogens with zero attached hydrogens (tertiary/aromatic N) is 1. The van der Waals surface area contributed by atoms with Crippen LogP contribution in [0.3, 0.4) is 0 Å². The molecule has 1 atom stereocenters. The molecule has 1 N–H and O–H groups in total. The number of aliphatic hydroxyl groups is 1. The molecule has 3 rings (SSSR count). The highest BCUT2D eigenvalue weighted by Gasteiger charge is 2.30. The number of aliphatic hydroxyl groups excluding tert-OH is 1. The van der Waals surface area contributed by atoms with Crippen molar-refractivity contribution in [3.05, 3.63) is 34.9 Å². The topological polar surface area (TPSA) is 57.6 Å². The van der Waals surface area contributed by atoms with Gasteiger partial charge in [0.2, 0.25) is 0 Å². The molecule has 19 heavy (non-hydrogen) atoms. The molecule has 1 heterocycles. The summed E-state index contributed by atoms with van der Waals surface area (Å²) in [6.07, 6.45) is 2.04. The lowest BCUT2D eigenvalue weighted by Crippen LogP contribution is -2.30. The van der Waals surface area contributed by atoms with Gasteiger partial charge in [0.05, 0.1) is 0 Å². The van der Waals surface area contributed by atoms with Gasteiger partial charge in [0.25, 0.3) is 5.91 Å². The molecule has 4 heteroatoms. The molecule has 0 aromatic heterocycles. The van der Waals surface area contributed by atoms with Crippen molar-refractivity contribution in [2.75, 3.05) is 19.7 Å². The molecule has 2 aliphatic rings. The van der Waals surface area contributed by atoms with Crippen molar-refractivity contribution in [3.8, 4) is 0 Å². The Kier molecular flexibility index (Phi) is 3.11. The third kappa shape index (κ3) is 2.06. The van der Waals surface area contributed by atoms with Crippen molar-refractivity contribution in [2.45, 2.75) is 19.3 Å². The molecule has 0 spiro atoms. The van der Waals surface area contributed by atoms with Gasteiger partial charge in [-0.25, -0.2) is 0 Å². The second-order valence-electron chi connectivity index (χ2n) is 5.34. The van der Waals surface area contributed by atoms with Gasteiger partial charge in [0, 0.05) is 43.2 Å². The summed E-state index contributed by atoms with van der Waals surface area (Å²) in [6, 6.07) is 5.41. The number of benzene rings is 1. The van der Waals surface area contributed by atoms with E-state index in [1.54, 1.807) is 11.0 Å². The molecule has 1 aromatic rings. The SMILES string of the molecule is O=C1CCc2c1cccc2C(=O)N1CCC(CO)C1. The van der Waals surface area contributed by atoms with E-state index in [-0.39, 0.29) is 24.2 Å². The number of likely N-dealkylation sites (tertiary alicyclic amines) is 1. The van der Waals surface area contributed by atoms with Gasteiger partial charge < -0.3 is 10.0 Å². The number of hydrogen-bond acceptors (Lipinski definition) is 3. The Balaban J connectivity index is 1.87. The Bertz CT molecular complexity index is 538. The van der Waals surface area contributed by atoms with E-state index >= 15 is 0 Å². The van der Waals surface area contributed by atoms with E-state index < -0.39 is 0 Å². The predicted molar refractivity (Wildman–Crippen MR) is 70.2 cm³/mol. The van der Waals surface area contributed by atoms with Gasteiger partial charge >= 0.3 is 0 Å². The minimum absolute atomic E-state index is 0.00231. The van der Waals surface area contributed by atoms with Crippen LogP contribution in [-0.2, 0) is 6.42 Å². The maximum atomic E-state index is 12.5. The van der Waals surface area contributed by atoms with Crippen LogP contribution in [0.25, 0.3) is 0 Å². The van der Waals surface area contributed by atoms with Crippen LogP contribution in [0.15, 0.2) is 18.2 Å². The molecule has 0 saturated carbocycles. The summed E-state index contributed by atoms with van der Waals surface area (Å²) in [5, 5.41) is 9.14. The van der Waals surface area contributed by atoms with Crippen LogP contribution in [0.2, 0.25) is 0 Å². The van der Waals surface area contributed by atoms with Crippen LogP contribution in [0.1, 0.15) is 39.1 Å². The number of rotatable bonds is 2. The van der Waals surface area contributed by atoms with Crippen LogP contribution in [0.5, 0.6) is 0 Å². The standard InChI is InChI=1S/C15H17NO3/c17-9-10-6-7-16(8-10)15(19)13-3-1-2-12-11(13)4-5-14(12)18/h1-3,10,17H,4-9H2. The van der Waals surface area contributed by atoms with E-state index in [1.807, 2.05) is 12.1 Å². The lowest BCUT2D eigenvalue weighted by atomic mass is 10.0. The fraction of sp³-hybridized carbons (Fsp3) is 0.467. The number of ketones is 1. The van der Waals surface area contributed by atoms with Crippen molar-refractivity contribution in [1.29, 1.82) is 0 Å². The van der Waals surface area contributed by atoms with Crippen LogP contribution in [0, 0.1) is 5.92 Å². The van der Waals surface area contributed by atoms with Gasteiger partial charge in [-0.15, -0.1) is 0 Å². The van der Waals surface area contributed by atoms with Crippen LogP contribution in [0.4, 0.5) is 0 Å². The summed E-state index contributed by atoms with van der Waals surface area (Å²) in [6.45, 7) is 1.45. The van der Waals surface area contributed by atoms with Crippen molar-refractivity contribution in [3.63, 3.8) is 0 Å². The maximum Gasteiger partial charge on any atom is 0.254 e. The molecule has 1 unspecified atom stereocenters. The van der Waals surface area contributed by atoms with Crippen molar-refractivity contribution in [2.24, 2.45) is 5.92 Å². The van der Waals surface area contributed by atoms with Crippen molar-refractivity contribution in [1.82, 2.24) is 4.90 Å². The lowest BCUT2D eigenvalue weighted by molar-refractivity contribution is 0.0780. The smallest absolute Gasteiger partial charge is 0.254 e. The molecular formula is C15H17NO3. The molecule has 100 valence electrons. The average Bonchev–Trinajstić information content (AvgIpc) is 3.05. The van der Waals surface area contributed by atoms with Gasteiger partial charge in [0.15, 0.2) is 5.78 Å². The predicted octanol–water partition coefficient (Wildman–Crippen LogP) is 1.27. The third-order valence-corrected chi connectivity index (χ3v) is 4.14. The number of fused-ring (bicyclic) bond motifs is 1. The number of Topliss-reactive ketones (excluding diaryl/α,β-unsaturated/α-hetero) is 1. The number of amides is 1. The zero-order valence-corrected chi connectivity index (χ0v) is 10.8. The van der Waals surface area contributed by atoms with Gasteiger partial charge in [-0.05, 0) is 24.5 Å². The third-order valence-electron chi connectivity index (χ3n) is 4.14. The van der Waals surface area contributed by atoms with E-state index in [4.69, 9.17) is 5.11 Å². The van der Waals surface area contributed by atoms with Crippen LogP contribution >= 0.6 is 0 Å². The fourth-order valence-electron chi connectivity index (χ4n) is 3.03. The van der Waals surface area contributed by atoms with Crippen LogP contribution < -0.4 is 0 Å². The monoisotopic (exact) mass is 259 g/mol. The van der Waals surface area contributed by atoms with E-state index in [0.717, 1.165) is 12.0 Å². The Morgan fingerprint density at radius 3 is 2.95 bits per heavy atom. The number of carbonyl (C=O) groups excluding carboxylic acids is 2. The zero-order chi connectivity index (χ0) is 13.4. The first-order valence-corrected chi connectivity index (χ1v) is 6.76. The largest absolute Gasteiger partial charge is 0.396 e. The summed E-state index contributed by atoms with van der Waals surface area (Å²) in [5.74, 6) is 0.337. The van der Waals surface area contributed by atoms with Gasteiger partial charge in [-0.2, -0.15) is 0 Å². The first-order chi connectivity index (χ1) is 9.20. The van der Waals surface area contributed by atoms with Crippen molar-refractivity contribution < 1.29 is 14.7 Å². The Morgan fingerprint density at radius 2 is 2.21 bits per heavy atom. The molecule has 1 aromatic carbocycles. The highest BCUT2D eigenvalue weighted by Crippen LogP contribution is 2.27. The average molecular weight is 259 g/mol. The highest BCUT2D eigenvalue weighted by atomic mass is 16.3. The van der Waals surface area contributed by atoms with E-state index in [0.29, 0.717) is 37.1 Å². The van der Waals surface area contributed by atoms with Crippen molar-refractivity contribution >= 4 is 11.7 Å². The molecule has 0 bridgehead atoms. The molecular weight excluding hydrogens is 242 g/mol. The first kappa shape index (κ1) is 12.4. The number of hydrogen-bond donors (Lipinski definition) is 1. The fourth-order valence-corrected chi connectivity index (χ4v) is 3.03. The Morgan fingerprint density at radius 1 is 1.37 bits per heavy atom. The molecule has 1 aliphatic carbocycles. The molecule has 1 aliphatic heterocycles. The Labute approximate surface area is 112 Å². The van der Waals surface area contributed by atoms with Gasteiger partial charge in [-0.3, -0.25) is 9.59 Å². The van der Waals surface area contributed by atoms with Gasteiger partial charge in [-0.1, -0.05) is 12.1 Å². The summed E-state index contributed by atoms with van der Waals surface area (Å²) in [5.41, 5.74) is 2.29. The van der Waals surface area contributed by atoms with Gasteiger partial charge in [0.1, 0.15) is 0 Å². The second kappa shape index (κ2) is 4.78. The highest BCUT2D eigenvalue weighted by molar-refractivity contribution is 6.05. The maximum absolute atomic E-state index is 12.5. The number of carbonyl (C=O) groups is 2. The summed E-state index contributed by atoms with van der Waals surface area (Å²) >= 11 is 0. The molecule has 0 radical (unpaired) electrons. The minimum Gasteiger partial charge on any atom is -0.396 e. The molecule has 1 saturated heterocycles. The van der Waals surface area contributed by atoms with E-state index in [1.165, 1.54) is 0 Å². The second-order valence-corrected chi connectivity index (χ2v) is 5.34. The first-order valence-electron chi connectivity index (χ1n) is 6.76. The summed E-state index contributed by atoms with van der Waals surface area (Å²) < 4.78 is 0. The zero-order valence-electron chi connectivity index (χ0n) is 10.8. The van der Waals surface area contributed by atoms with E-state index in [2.05, 4.69) is 0 Å². The molecule has 4 nitrogen and oxygen atoms in total. The quantitative estimate of drug-likeness (QED) is 0.870. The molecule has 1 fully saturated rings.